The lowest BCUT2D eigenvalue weighted by Crippen LogP contribution is -2.51. The molecule has 0 spiro atoms. The predicted octanol–water partition coefficient (Wildman–Crippen LogP) is 9.18. The predicted molar refractivity (Wildman–Crippen MR) is 138 cm³/mol. The molecule has 4 aliphatic carbocycles. The van der Waals surface area contributed by atoms with Gasteiger partial charge in [-0.25, -0.2) is 4.79 Å². The van der Waals surface area contributed by atoms with Crippen LogP contribution in [0.3, 0.4) is 0 Å². The molecule has 0 aromatic heterocycles. The Hall–Kier alpha value is -0.760. The van der Waals surface area contributed by atoms with Crippen LogP contribution in [0.4, 0.5) is 4.79 Å². The molecular weight excluding hydrogens is 428 g/mol. The minimum absolute atomic E-state index is 0.0268. The van der Waals surface area contributed by atoms with E-state index in [9.17, 15) is 4.79 Å². The number of hydrogen-bond acceptors (Lipinski definition) is 2. The van der Waals surface area contributed by atoms with Crippen molar-refractivity contribution in [1.29, 1.82) is 0 Å². The van der Waals surface area contributed by atoms with E-state index in [-0.39, 0.29) is 11.5 Å². The van der Waals surface area contributed by atoms with Crippen LogP contribution in [0.15, 0.2) is 23.8 Å². The van der Waals surface area contributed by atoms with Gasteiger partial charge in [-0.1, -0.05) is 65.3 Å². The molecule has 0 amide bonds. The summed E-state index contributed by atoms with van der Waals surface area (Å²) >= 11 is 5.52. The van der Waals surface area contributed by atoms with Gasteiger partial charge >= 0.3 is 5.43 Å². The van der Waals surface area contributed by atoms with Gasteiger partial charge in [-0.05, 0) is 104 Å². The van der Waals surface area contributed by atoms with E-state index in [4.69, 9.17) is 16.3 Å². The van der Waals surface area contributed by atoms with Crippen LogP contribution >= 0.6 is 11.6 Å². The largest absolute Gasteiger partial charge is 0.450 e. The maximum Gasteiger partial charge on any atom is 0.404 e. The lowest BCUT2D eigenvalue weighted by atomic mass is 9.47. The first-order valence-corrected chi connectivity index (χ1v) is 14.2. The number of carbonyl (C=O) groups is 1. The van der Waals surface area contributed by atoms with Crippen molar-refractivity contribution in [3.8, 4) is 0 Å². The lowest BCUT2D eigenvalue weighted by Gasteiger charge is -2.58. The van der Waals surface area contributed by atoms with Crippen molar-refractivity contribution < 1.29 is 9.53 Å². The molecule has 0 bridgehead atoms. The second-order valence-electron chi connectivity index (χ2n) is 12.8. The fourth-order valence-corrected chi connectivity index (χ4v) is 9.17. The van der Waals surface area contributed by atoms with E-state index in [1.165, 1.54) is 38.5 Å². The maximum absolute atomic E-state index is 11.3. The molecule has 4 rings (SSSR count). The molecule has 186 valence electrons. The number of ether oxygens (including phenoxy) is 1. The highest BCUT2D eigenvalue weighted by Crippen LogP contribution is 2.67. The van der Waals surface area contributed by atoms with Gasteiger partial charge in [0.2, 0.25) is 0 Å². The van der Waals surface area contributed by atoms with Crippen LogP contribution in [0.2, 0.25) is 0 Å². The van der Waals surface area contributed by atoms with Gasteiger partial charge in [0.1, 0.15) is 6.10 Å². The Morgan fingerprint density at radius 1 is 1.12 bits per heavy atom. The summed E-state index contributed by atoms with van der Waals surface area (Å²) < 4.78 is 5.39. The van der Waals surface area contributed by atoms with E-state index in [2.05, 4.69) is 59.8 Å². The highest BCUT2D eigenvalue weighted by molar-refractivity contribution is 6.61. The van der Waals surface area contributed by atoms with E-state index in [1.54, 1.807) is 5.57 Å². The van der Waals surface area contributed by atoms with Crippen molar-refractivity contribution >= 4 is 17.0 Å². The normalized spacial score (nSPS) is 42.3. The molecule has 0 aromatic carbocycles. The second-order valence-corrected chi connectivity index (χ2v) is 13.1. The zero-order valence-electron chi connectivity index (χ0n) is 21.9. The molecule has 0 heterocycles. The van der Waals surface area contributed by atoms with Gasteiger partial charge in [0.05, 0.1) is 0 Å². The number of hydrogen-bond donors (Lipinski definition) is 0. The molecule has 2 nitrogen and oxygen atoms in total. The topological polar surface area (TPSA) is 26.3 Å². The Kier molecular flexibility index (Phi) is 7.46. The first kappa shape index (κ1) is 25.3. The molecule has 0 aliphatic heterocycles. The summed E-state index contributed by atoms with van der Waals surface area (Å²) in [5.74, 6) is 5.41. The third-order valence-electron chi connectivity index (χ3n) is 11.0. The minimum Gasteiger partial charge on any atom is -0.450 e. The zero-order chi connectivity index (χ0) is 24.0. The number of rotatable bonds is 6. The van der Waals surface area contributed by atoms with Crippen molar-refractivity contribution in [2.45, 2.75) is 105 Å². The van der Waals surface area contributed by atoms with Gasteiger partial charge in [-0.15, -0.1) is 0 Å². The number of carbonyl (C=O) groups excluding carboxylic acids is 1. The molecule has 0 radical (unpaired) electrons. The van der Waals surface area contributed by atoms with Crippen molar-refractivity contribution in [1.82, 2.24) is 0 Å². The third kappa shape index (κ3) is 4.60. The van der Waals surface area contributed by atoms with Crippen LogP contribution in [0, 0.1) is 52.3 Å². The first-order valence-electron chi connectivity index (χ1n) is 13.8. The Balaban J connectivity index is 1.49. The van der Waals surface area contributed by atoms with Gasteiger partial charge < -0.3 is 4.74 Å². The number of halogens is 1. The quantitative estimate of drug-likeness (QED) is 0.283. The molecule has 9 atom stereocenters. The average Bonchev–Trinajstić information content (AvgIpc) is 3.11. The van der Waals surface area contributed by atoms with Crippen LogP contribution in [0.1, 0.15) is 99.3 Å². The fourth-order valence-electron chi connectivity index (χ4n) is 9.05. The van der Waals surface area contributed by atoms with E-state index in [1.807, 2.05) is 0 Å². The van der Waals surface area contributed by atoms with Crippen LogP contribution in [-0.4, -0.2) is 11.5 Å². The van der Waals surface area contributed by atoms with Gasteiger partial charge in [0.15, 0.2) is 0 Å². The Bertz CT molecular complexity index is 784. The van der Waals surface area contributed by atoms with E-state index in [0.29, 0.717) is 17.3 Å². The Morgan fingerprint density at radius 2 is 1.88 bits per heavy atom. The summed E-state index contributed by atoms with van der Waals surface area (Å²) in [6, 6.07) is 0. The lowest BCUT2D eigenvalue weighted by molar-refractivity contribution is -0.0541. The monoisotopic (exact) mass is 474 g/mol. The fraction of sp³-hybridized carbons (Fsp3) is 0.833. The smallest absolute Gasteiger partial charge is 0.404 e. The standard InChI is InChI=1S/C30H47ClO2/c1-7-21(19(2)3)9-8-20(4)25-12-13-26-24-11-10-22-18-23(33-28(31)32)14-16-29(22,5)27(24)15-17-30(25,26)6/h8-10,19-21,23-27H,7,11-18H2,1-6H3/t20-,21-,23?,24+,25-,26+,27+,29+,30-/m1/s1. The molecule has 3 heteroatoms. The van der Waals surface area contributed by atoms with Gasteiger partial charge in [0.25, 0.3) is 0 Å². The highest BCUT2D eigenvalue weighted by Gasteiger charge is 2.59. The molecule has 3 saturated carbocycles. The van der Waals surface area contributed by atoms with E-state index in [0.717, 1.165) is 48.9 Å². The van der Waals surface area contributed by atoms with E-state index < -0.39 is 5.43 Å². The SMILES string of the molecule is CC[C@H](C=C[C@@H](C)[C@H]1CC[C@H]2[C@@H]3CC=C4CC(OC(=O)Cl)CC[C@]4(C)[C@H]3CC[C@]12C)C(C)C. The second kappa shape index (κ2) is 9.71. The average molecular weight is 475 g/mol. The van der Waals surface area contributed by atoms with Crippen LogP contribution in [-0.2, 0) is 4.74 Å². The molecule has 0 aromatic rings. The molecule has 0 saturated heterocycles. The van der Waals surface area contributed by atoms with Crippen LogP contribution in [0.5, 0.6) is 0 Å². The zero-order valence-corrected chi connectivity index (χ0v) is 22.7. The molecular formula is C30H47ClO2. The van der Waals surface area contributed by atoms with Gasteiger partial charge in [0, 0.05) is 18.0 Å². The van der Waals surface area contributed by atoms with Crippen molar-refractivity contribution in [2.75, 3.05) is 0 Å². The summed E-state index contributed by atoms with van der Waals surface area (Å²) in [6.45, 7) is 14.7. The van der Waals surface area contributed by atoms with Gasteiger partial charge in [-0.2, -0.15) is 0 Å². The van der Waals surface area contributed by atoms with Crippen LogP contribution < -0.4 is 0 Å². The summed E-state index contributed by atoms with van der Waals surface area (Å²) in [7, 11) is 0. The third-order valence-corrected chi connectivity index (χ3v) is 11.1. The van der Waals surface area contributed by atoms with E-state index >= 15 is 0 Å². The Morgan fingerprint density at radius 3 is 2.55 bits per heavy atom. The molecule has 4 aliphatic rings. The molecule has 0 N–H and O–H groups in total. The summed E-state index contributed by atoms with van der Waals surface area (Å²) in [5.41, 5.74) is 1.67. The molecule has 3 fully saturated rings. The van der Waals surface area contributed by atoms with Gasteiger partial charge in [-0.3, -0.25) is 0 Å². The molecule has 33 heavy (non-hydrogen) atoms. The summed E-state index contributed by atoms with van der Waals surface area (Å²) in [5, 5.41) is 0. The summed E-state index contributed by atoms with van der Waals surface area (Å²) in [4.78, 5) is 11.3. The Labute approximate surface area is 207 Å². The van der Waals surface area contributed by atoms with Crippen molar-refractivity contribution in [3.05, 3.63) is 23.8 Å². The highest BCUT2D eigenvalue weighted by atomic mass is 35.5. The number of allylic oxidation sites excluding steroid dienone is 3. The summed E-state index contributed by atoms with van der Waals surface area (Å²) in [6.07, 6.45) is 18.6. The molecule has 1 unspecified atom stereocenters. The number of fused-ring (bicyclic) bond motifs is 5. The van der Waals surface area contributed by atoms with Crippen molar-refractivity contribution in [2.24, 2.45) is 52.3 Å². The van der Waals surface area contributed by atoms with Crippen LogP contribution in [0.25, 0.3) is 0 Å². The van der Waals surface area contributed by atoms with Crippen molar-refractivity contribution in [3.63, 3.8) is 0 Å². The minimum atomic E-state index is -0.648. The maximum atomic E-state index is 11.3. The first-order chi connectivity index (χ1) is 15.6.